The summed E-state index contributed by atoms with van der Waals surface area (Å²) in [5.74, 6) is 1.39. The average Bonchev–Trinajstić information content (AvgIpc) is 2.51. The van der Waals surface area contributed by atoms with Gasteiger partial charge in [-0.3, -0.25) is 0 Å². The number of nitrogens with one attached hydrogen (secondary N) is 1. The van der Waals surface area contributed by atoms with E-state index in [0.29, 0.717) is 30.5 Å². The van der Waals surface area contributed by atoms with Crippen molar-refractivity contribution < 1.29 is 14.6 Å². The van der Waals surface area contributed by atoms with Crippen LogP contribution in [0.25, 0.3) is 0 Å². The van der Waals surface area contributed by atoms with E-state index in [-0.39, 0.29) is 0 Å². The molecule has 0 spiro atoms. The summed E-state index contributed by atoms with van der Waals surface area (Å²) in [7, 11) is 3.21. The van der Waals surface area contributed by atoms with Crippen LogP contribution < -0.4 is 14.8 Å². The Labute approximate surface area is 130 Å². The number of aliphatic hydroxyl groups excluding tert-OH is 1. The molecule has 2 N–H and O–H groups in total. The van der Waals surface area contributed by atoms with Crippen molar-refractivity contribution in [3.05, 3.63) is 35.9 Å². The first kappa shape index (κ1) is 15.6. The maximum atomic E-state index is 10.5. The summed E-state index contributed by atoms with van der Waals surface area (Å²) in [4.78, 5) is 1.91. The summed E-state index contributed by atoms with van der Waals surface area (Å²) in [5.41, 5.74) is 1.68. The molecule has 0 aliphatic carbocycles. The van der Waals surface area contributed by atoms with Crippen LogP contribution in [0.3, 0.4) is 0 Å². The molecular weight excluding hydrogens is 288 g/mol. The van der Waals surface area contributed by atoms with Gasteiger partial charge in [-0.2, -0.15) is 0 Å². The van der Waals surface area contributed by atoms with Crippen LogP contribution in [-0.4, -0.2) is 42.4 Å². The predicted octanol–water partition coefficient (Wildman–Crippen LogP) is 1.61. The number of thiocarbonyl (C=S) groups is 1. The first-order chi connectivity index (χ1) is 10.1. The van der Waals surface area contributed by atoms with E-state index >= 15 is 0 Å². The van der Waals surface area contributed by atoms with Gasteiger partial charge in [0.1, 0.15) is 17.6 Å². The molecule has 1 aliphatic rings. The van der Waals surface area contributed by atoms with E-state index in [9.17, 15) is 5.11 Å². The van der Waals surface area contributed by atoms with E-state index in [4.69, 9.17) is 21.7 Å². The van der Waals surface area contributed by atoms with Crippen molar-refractivity contribution in [2.45, 2.75) is 12.6 Å². The first-order valence-electron chi connectivity index (χ1n) is 6.67. The minimum atomic E-state index is -0.678. The molecule has 21 heavy (non-hydrogen) atoms. The minimum Gasteiger partial charge on any atom is -0.496 e. The summed E-state index contributed by atoms with van der Waals surface area (Å²) < 4.78 is 10.7. The minimum absolute atomic E-state index is 0.416. The summed E-state index contributed by atoms with van der Waals surface area (Å²) >= 11 is 5.35. The Bertz CT molecular complexity index is 548. The summed E-state index contributed by atoms with van der Waals surface area (Å²) in [6.45, 7) is 5.22. The Morgan fingerprint density at radius 3 is 2.76 bits per heavy atom. The van der Waals surface area contributed by atoms with Crippen molar-refractivity contribution in [3.8, 4) is 11.5 Å². The molecule has 1 aromatic carbocycles. The molecular formula is C15H20N2O3S. The van der Waals surface area contributed by atoms with Gasteiger partial charge in [0.15, 0.2) is 5.11 Å². The van der Waals surface area contributed by atoms with Gasteiger partial charge >= 0.3 is 0 Å². The van der Waals surface area contributed by atoms with E-state index in [1.165, 1.54) is 0 Å². The number of ether oxygens (including phenoxy) is 2. The highest BCUT2D eigenvalue weighted by Gasteiger charge is 2.30. The Balaban J connectivity index is 2.33. The molecule has 0 amide bonds. The number of rotatable bonds is 4. The number of aliphatic hydroxyl groups is 1. The van der Waals surface area contributed by atoms with Crippen LogP contribution in [0.2, 0.25) is 0 Å². The Kier molecular flexibility index (Phi) is 5.03. The average molecular weight is 308 g/mol. The van der Waals surface area contributed by atoms with Crippen LogP contribution in [0.4, 0.5) is 0 Å². The molecule has 2 rings (SSSR count). The van der Waals surface area contributed by atoms with Gasteiger partial charge in [0.05, 0.1) is 20.8 Å². The smallest absolute Gasteiger partial charge is 0.169 e. The van der Waals surface area contributed by atoms with Gasteiger partial charge < -0.3 is 24.8 Å². The molecule has 0 fully saturated rings. The van der Waals surface area contributed by atoms with Crippen LogP contribution in [0.15, 0.2) is 24.8 Å². The number of nitrogens with zero attached hydrogens (tertiary/aromatic N) is 1. The molecule has 6 heteroatoms. The van der Waals surface area contributed by atoms with Gasteiger partial charge in [-0.05, 0) is 24.4 Å². The molecule has 0 bridgehead atoms. The SMILES string of the molecule is C=CCNC(=S)N1Cc2c(OC)ccc(OC)c2[C@@H](O)C1. The lowest BCUT2D eigenvalue weighted by atomic mass is 9.95. The zero-order chi connectivity index (χ0) is 15.4. The van der Waals surface area contributed by atoms with Gasteiger partial charge in [0.25, 0.3) is 0 Å². The molecule has 0 aromatic heterocycles. The Morgan fingerprint density at radius 1 is 1.48 bits per heavy atom. The monoisotopic (exact) mass is 308 g/mol. The second-order valence-electron chi connectivity index (χ2n) is 4.73. The number of β-amino-alcohol motifs (C(OH)–C–C–N with tert-alkyl or cyclic N) is 1. The zero-order valence-corrected chi connectivity index (χ0v) is 13.1. The lowest BCUT2D eigenvalue weighted by Gasteiger charge is -2.35. The van der Waals surface area contributed by atoms with Gasteiger partial charge in [-0.15, -0.1) is 6.58 Å². The third-order valence-electron chi connectivity index (χ3n) is 3.47. The number of fused-ring (bicyclic) bond motifs is 1. The van der Waals surface area contributed by atoms with Crippen LogP contribution in [0.5, 0.6) is 11.5 Å². The number of benzene rings is 1. The van der Waals surface area contributed by atoms with Crippen LogP contribution in [0.1, 0.15) is 17.2 Å². The van der Waals surface area contributed by atoms with Crippen LogP contribution >= 0.6 is 12.2 Å². The molecule has 5 nitrogen and oxygen atoms in total. The fourth-order valence-electron chi connectivity index (χ4n) is 2.50. The van der Waals surface area contributed by atoms with Crippen molar-refractivity contribution >= 4 is 17.3 Å². The molecule has 1 aliphatic heterocycles. The third-order valence-corrected chi connectivity index (χ3v) is 3.88. The van der Waals surface area contributed by atoms with Gasteiger partial charge in [0.2, 0.25) is 0 Å². The predicted molar refractivity (Wildman–Crippen MR) is 85.7 cm³/mol. The fraction of sp³-hybridized carbons (Fsp3) is 0.400. The van der Waals surface area contributed by atoms with Gasteiger partial charge in [-0.1, -0.05) is 6.08 Å². The second kappa shape index (κ2) is 6.78. The molecule has 1 atom stereocenters. The molecule has 0 saturated carbocycles. The maximum absolute atomic E-state index is 10.5. The van der Waals surface area contributed by atoms with E-state index in [0.717, 1.165) is 16.9 Å². The van der Waals surface area contributed by atoms with E-state index in [1.807, 2.05) is 17.0 Å². The number of methoxy groups -OCH3 is 2. The molecule has 114 valence electrons. The Hall–Kier alpha value is -1.79. The maximum Gasteiger partial charge on any atom is 0.169 e. The van der Waals surface area contributed by atoms with E-state index < -0.39 is 6.10 Å². The molecule has 1 aromatic rings. The summed E-state index contributed by atoms with van der Waals surface area (Å²) in [6.07, 6.45) is 1.06. The highest BCUT2D eigenvalue weighted by atomic mass is 32.1. The standard InChI is InChI=1S/C15H20N2O3S/c1-4-7-16-15(21)17-8-10-12(19-2)5-6-13(20-3)14(10)11(18)9-17/h4-6,11,18H,1,7-9H2,2-3H3,(H,16,21)/t11-/m0/s1. The zero-order valence-electron chi connectivity index (χ0n) is 12.3. The highest BCUT2D eigenvalue weighted by Crippen LogP contribution is 2.39. The van der Waals surface area contributed by atoms with Crippen molar-refractivity contribution in [2.75, 3.05) is 27.3 Å². The lowest BCUT2D eigenvalue weighted by Crippen LogP contribution is -2.44. The van der Waals surface area contributed by atoms with Crippen molar-refractivity contribution in [1.29, 1.82) is 0 Å². The Morgan fingerprint density at radius 2 is 2.14 bits per heavy atom. The van der Waals surface area contributed by atoms with Crippen LogP contribution in [-0.2, 0) is 6.54 Å². The van der Waals surface area contributed by atoms with E-state index in [2.05, 4.69) is 11.9 Å². The first-order valence-corrected chi connectivity index (χ1v) is 7.08. The number of hydrogen-bond acceptors (Lipinski definition) is 4. The van der Waals surface area contributed by atoms with E-state index in [1.54, 1.807) is 20.3 Å². The number of hydrogen-bond donors (Lipinski definition) is 2. The summed E-state index contributed by atoms with van der Waals surface area (Å²) in [5, 5.41) is 14.1. The van der Waals surface area contributed by atoms with Gasteiger partial charge in [-0.25, -0.2) is 0 Å². The molecule has 1 heterocycles. The largest absolute Gasteiger partial charge is 0.496 e. The lowest BCUT2D eigenvalue weighted by molar-refractivity contribution is 0.122. The fourth-order valence-corrected chi connectivity index (χ4v) is 2.72. The van der Waals surface area contributed by atoms with Crippen molar-refractivity contribution in [3.63, 3.8) is 0 Å². The third kappa shape index (κ3) is 3.11. The summed E-state index contributed by atoms with van der Waals surface area (Å²) in [6, 6.07) is 3.65. The highest BCUT2D eigenvalue weighted by molar-refractivity contribution is 7.80. The second-order valence-corrected chi connectivity index (χ2v) is 5.12. The van der Waals surface area contributed by atoms with Crippen molar-refractivity contribution in [1.82, 2.24) is 10.2 Å². The topological polar surface area (TPSA) is 54.0 Å². The van der Waals surface area contributed by atoms with Crippen LogP contribution in [0, 0.1) is 0 Å². The van der Waals surface area contributed by atoms with Gasteiger partial charge in [0, 0.05) is 24.2 Å². The molecule has 0 radical (unpaired) electrons. The quantitative estimate of drug-likeness (QED) is 0.651. The normalized spacial score (nSPS) is 16.9. The molecule has 0 unspecified atom stereocenters. The molecule has 0 saturated heterocycles. The van der Waals surface area contributed by atoms with Crippen molar-refractivity contribution in [2.24, 2.45) is 0 Å².